The summed E-state index contributed by atoms with van der Waals surface area (Å²) in [5.74, 6) is -1.68. The smallest absolute Gasteiger partial charge is 0.173 e. The van der Waals surface area contributed by atoms with Gasteiger partial charge >= 0.3 is 0 Å². The molecule has 4 fully saturated rings. The molecule has 4 atom stereocenters. The van der Waals surface area contributed by atoms with E-state index in [1.807, 2.05) is 0 Å². The van der Waals surface area contributed by atoms with E-state index in [9.17, 15) is 10.2 Å². The molecule has 0 amide bonds. The van der Waals surface area contributed by atoms with Gasteiger partial charge in [0.15, 0.2) is 11.6 Å². The minimum atomic E-state index is -1.07. The lowest BCUT2D eigenvalue weighted by Gasteiger charge is -2.64. The Balaban J connectivity index is 1.65. The molecule has 4 aliphatic heterocycles. The molecule has 0 radical (unpaired) electrons. The zero-order valence-corrected chi connectivity index (χ0v) is 23.0. The monoisotopic (exact) mass is 484 g/mol. The maximum atomic E-state index is 10.9. The van der Waals surface area contributed by atoms with Gasteiger partial charge in [0.1, 0.15) is 24.4 Å². The fraction of sp³-hybridized carbons (Fsp3) is 1.00. The van der Waals surface area contributed by atoms with Crippen molar-refractivity contribution in [3.05, 3.63) is 0 Å². The second kappa shape index (κ2) is 8.09. The zero-order chi connectivity index (χ0) is 25.5. The van der Waals surface area contributed by atoms with Gasteiger partial charge in [0, 0.05) is 47.8 Å². The van der Waals surface area contributed by atoms with E-state index in [4.69, 9.17) is 18.9 Å². The molecule has 34 heavy (non-hydrogen) atoms. The Morgan fingerprint density at radius 3 is 1.62 bits per heavy atom. The molecule has 0 aromatic carbocycles. The average molecular weight is 485 g/mol. The molecule has 8 nitrogen and oxygen atoms in total. The summed E-state index contributed by atoms with van der Waals surface area (Å²) in [7, 11) is 4.29. The molecule has 198 valence electrons. The molecule has 0 saturated carbocycles. The Labute approximate surface area is 205 Å². The lowest BCUT2D eigenvalue weighted by molar-refractivity contribution is -0.449. The van der Waals surface area contributed by atoms with E-state index >= 15 is 0 Å². The van der Waals surface area contributed by atoms with Crippen LogP contribution in [0.2, 0.25) is 0 Å². The van der Waals surface area contributed by atoms with Gasteiger partial charge in [-0.1, -0.05) is 0 Å². The quantitative estimate of drug-likeness (QED) is 0.619. The first kappa shape index (κ1) is 26.7. The summed E-state index contributed by atoms with van der Waals surface area (Å²) in [6.07, 6.45) is 0.00456. The number of hydrogen-bond donors (Lipinski definition) is 2. The number of ether oxygens (including phenoxy) is 4. The highest BCUT2D eigenvalue weighted by atomic mass is 16.8. The van der Waals surface area contributed by atoms with Gasteiger partial charge in [0.2, 0.25) is 0 Å². The molecular formula is C26H48N2O6. The van der Waals surface area contributed by atoms with E-state index in [-0.39, 0.29) is 28.3 Å². The molecule has 2 spiro atoms. The first-order chi connectivity index (χ1) is 15.4. The summed E-state index contributed by atoms with van der Waals surface area (Å²) in [6, 6.07) is 0. The fourth-order valence-electron chi connectivity index (χ4n) is 7.31. The van der Waals surface area contributed by atoms with Gasteiger partial charge in [-0.15, -0.1) is 0 Å². The van der Waals surface area contributed by atoms with Gasteiger partial charge in [-0.2, -0.15) is 0 Å². The Bertz CT molecular complexity index is 743. The normalized spacial score (nSPS) is 39.0. The largest absolute Gasteiger partial charge is 0.394 e. The van der Waals surface area contributed by atoms with E-state index in [0.29, 0.717) is 32.3 Å². The first-order valence-electron chi connectivity index (χ1n) is 12.8. The van der Waals surface area contributed by atoms with Crippen LogP contribution in [0, 0.1) is 0 Å². The highest BCUT2D eigenvalue weighted by molar-refractivity contribution is 5.09. The topological polar surface area (TPSA) is 83.9 Å². The molecule has 4 rings (SSSR count). The summed E-state index contributed by atoms with van der Waals surface area (Å²) < 4.78 is 26.7. The Hall–Kier alpha value is -0.320. The van der Waals surface area contributed by atoms with Crippen LogP contribution in [0.3, 0.4) is 0 Å². The number of rotatable bonds is 2. The molecular weight excluding hydrogens is 436 g/mol. The maximum Gasteiger partial charge on any atom is 0.173 e. The fourth-order valence-corrected chi connectivity index (χ4v) is 7.31. The molecule has 8 heteroatoms. The van der Waals surface area contributed by atoms with E-state index in [1.165, 1.54) is 0 Å². The SMILES string of the molecule is CN1C(C)(C)CC2(CC1(C)C)OC[C@@H]1OC3(CC(C)(C)N(C)C(C)(C)C3)O[C@H]([C@H](O)CO)[C@@H]1O2. The molecule has 0 aromatic rings. The van der Waals surface area contributed by atoms with Crippen LogP contribution >= 0.6 is 0 Å². The maximum absolute atomic E-state index is 10.9. The summed E-state index contributed by atoms with van der Waals surface area (Å²) in [5.41, 5.74) is -0.635. The van der Waals surface area contributed by atoms with Crippen LogP contribution in [0.5, 0.6) is 0 Å². The van der Waals surface area contributed by atoms with E-state index in [1.54, 1.807) is 0 Å². The van der Waals surface area contributed by atoms with Crippen molar-refractivity contribution in [3.8, 4) is 0 Å². The molecule has 4 aliphatic rings. The van der Waals surface area contributed by atoms with Gasteiger partial charge in [-0.25, -0.2) is 0 Å². The Morgan fingerprint density at radius 1 is 0.735 bits per heavy atom. The highest BCUT2D eigenvalue weighted by Crippen LogP contribution is 2.52. The van der Waals surface area contributed by atoms with Gasteiger partial charge in [-0.05, 0) is 69.5 Å². The molecule has 0 bridgehead atoms. The van der Waals surface area contributed by atoms with Gasteiger partial charge in [0.25, 0.3) is 0 Å². The van der Waals surface area contributed by atoms with Crippen molar-refractivity contribution in [2.75, 3.05) is 27.3 Å². The van der Waals surface area contributed by atoms with Crippen molar-refractivity contribution in [3.63, 3.8) is 0 Å². The van der Waals surface area contributed by atoms with E-state index in [0.717, 1.165) is 0 Å². The summed E-state index contributed by atoms with van der Waals surface area (Å²) in [5, 5.41) is 20.9. The average Bonchev–Trinajstić information content (AvgIpc) is 2.68. The lowest BCUT2D eigenvalue weighted by Crippen LogP contribution is -2.74. The number of piperidine rings is 2. The van der Waals surface area contributed by atoms with Crippen molar-refractivity contribution >= 4 is 0 Å². The van der Waals surface area contributed by atoms with Crippen LogP contribution < -0.4 is 0 Å². The predicted molar refractivity (Wildman–Crippen MR) is 129 cm³/mol. The molecule has 0 aliphatic carbocycles. The van der Waals surface area contributed by atoms with Gasteiger partial charge in [-0.3, -0.25) is 9.80 Å². The van der Waals surface area contributed by atoms with Crippen molar-refractivity contribution in [2.24, 2.45) is 0 Å². The van der Waals surface area contributed by atoms with Crippen molar-refractivity contribution < 1.29 is 29.2 Å². The number of aliphatic hydroxyl groups excluding tert-OH is 2. The minimum absolute atomic E-state index is 0.140. The van der Waals surface area contributed by atoms with E-state index < -0.39 is 36.5 Å². The van der Waals surface area contributed by atoms with Gasteiger partial charge < -0.3 is 29.2 Å². The van der Waals surface area contributed by atoms with Gasteiger partial charge in [0.05, 0.1) is 13.2 Å². The third-order valence-electron chi connectivity index (χ3n) is 9.27. The number of likely N-dealkylation sites (tertiary alicyclic amines) is 2. The van der Waals surface area contributed by atoms with Crippen molar-refractivity contribution in [2.45, 2.75) is 139 Å². The second-order valence-corrected chi connectivity index (χ2v) is 13.8. The first-order valence-corrected chi connectivity index (χ1v) is 12.8. The minimum Gasteiger partial charge on any atom is -0.394 e. The van der Waals surface area contributed by atoms with Crippen LogP contribution in [0.1, 0.15) is 81.1 Å². The molecule has 2 N–H and O–H groups in total. The third kappa shape index (κ3) is 4.36. The predicted octanol–water partition coefficient (Wildman–Crippen LogP) is 2.50. The summed E-state index contributed by atoms with van der Waals surface area (Å²) >= 11 is 0. The number of nitrogens with zero attached hydrogens (tertiary/aromatic N) is 2. The van der Waals surface area contributed by atoms with Crippen molar-refractivity contribution in [1.82, 2.24) is 9.80 Å². The van der Waals surface area contributed by atoms with Crippen LogP contribution in [-0.4, -0.2) is 105 Å². The second-order valence-electron chi connectivity index (χ2n) is 13.8. The molecule has 4 heterocycles. The third-order valence-corrected chi connectivity index (χ3v) is 9.27. The summed E-state index contributed by atoms with van der Waals surface area (Å²) in [4.78, 5) is 4.75. The van der Waals surface area contributed by atoms with Crippen LogP contribution in [0.4, 0.5) is 0 Å². The Kier molecular flexibility index (Phi) is 6.36. The number of aliphatic hydroxyl groups is 2. The number of hydrogen-bond acceptors (Lipinski definition) is 8. The number of fused-ring (bicyclic) bond motifs is 1. The van der Waals surface area contributed by atoms with Crippen LogP contribution in [0.15, 0.2) is 0 Å². The summed E-state index contributed by atoms with van der Waals surface area (Å²) in [6.45, 7) is 17.6. The highest BCUT2D eigenvalue weighted by Gasteiger charge is 2.63. The zero-order valence-electron chi connectivity index (χ0n) is 23.0. The Morgan fingerprint density at radius 2 is 1.18 bits per heavy atom. The van der Waals surface area contributed by atoms with Crippen molar-refractivity contribution in [1.29, 1.82) is 0 Å². The van der Waals surface area contributed by atoms with Crippen LogP contribution in [-0.2, 0) is 18.9 Å². The van der Waals surface area contributed by atoms with Crippen LogP contribution in [0.25, 0.3) is 0 Å². The molecule has 4 saturated heterocycles. The molecule has 0 unspecified atom stereocenters. The van der Waals surface area contributed by atoms with E-state index in [2.05, 4.69) is 79.3 Å². The molecule has 0 aromatic heterocycles. The standard InChI is InChI=1S/C26H48N2O6/c1-21(2)13-25(14-22(3,4)27(21)9)31-12-18-20(34-25)19(17(30)11-29)33-26(32-18)15-23(5,6)28(10)24(7,8)16-26/h17-20,29-30H,11-16H2,1-10H3/t17-,18+,19-,20-/m1/s1. The lowest BCUT2D eigenvalue weighted by atomic mass is 9.75.